The summed E-state index contributed by atoms with van der Waals surface area (Å²) in [6.07, 6.45) is 0. The lowest BCUT2D eigenvalue weighted by Gasteiger charge is -2.29. The standard InChI is InChI=1S/C14H18BrNO2/c1-10-3-4-11(2)12(9-10)13(15)14(17)16-5-7-18-8-6-16/h3-4,9,13H,5-8H2,1-2H3. The van der Waals surface area contributed by atoms with E-state index in [1.165, 1.54) is 5.56 Å². The smallest absolute Gasteiger partial charge is 0.241 e. The molecule has 0 radical (unpaired) electrons. The van der Waals surface area contributed by atoms with Gasteiger partial charge in [-0.25, -0.2) is 0 Å². The van der Waals surface area contributed by atoms with E-state index in [0.29, 0.717) is 26.3 Å². The van der Waals surface area contributed by atoms with Gasteiger partial charge in [0.15, 0.2) is 0 Å². The van der Waals surface area contributed by atoms with Crippen molar-refractivity contribution in [1.82, 2.24) is 4.90 Å². The maximum atomic E-state index is 12.4. The first-order chi connectivity index (χ1) is 8.59. The summed E-state index contributed by atoms with van der Waals surface area (Å²) in [5.41, 5.74) is 3.38. The Labute approximate surface area is 116 Å². The van der Waals surface area contributed by atoms with Crippen LogP contribution in [0.4, 0.5) is 0 Å². The van der Waals surface area contributed by atoms with Crippen molar-refractivity contribution in [3.8, 4) is 0 Å². The number of hydrogen-bond acceptors (Lipinski definition) is 2. The van der Waals surface area contributed by atoms with Crippen LogP contribution < -0.4 is 0 Å². The lowest BCUT2D eigenvalue weighted by Crippen LogP contribution is -2.42. The lowest BCUT2D eigenvalue weighted by atomic mass is 10.0. The van der Waals surface area contributed by atoms with E-state index in [4.69, 9.17) is 4.74 Å². The molecule has 1 amide bonds. The Hall–Kier alpha value is -0.870. The normalized spacial score (nSPS) is 17.6. The Bertz CT molecular complexity index is 441. The van der Waals surface area contributed by atoms with Crippen LogP contribution >= 0.6 is 15.9 Å². The summed E-state index contributed by atoms with van der Waals surface area (Å²) >= 11 is 3.54. The van der Waals surface area contributed by atoms with Gasteiger partial charge in [-0.1, -0.05) is 39.7 Å². The Kier molecular flexibility index (Phi) is 4.40. The van der Waals surface area contributed by atoms with Crippen LogP contribution in [0.1, 0.15) is 21.5 Å². The third kappa shape index (κ3) is 2.93. The minimum atomic E-state index is -0.254. The second-order valence-corrected chi connectivity index (χ2v) is 5.58. The van der Waals surface area contributed by atoms with E-state index >= 15 is 0 Å². The predicted octanol–water partition coefficient (Wildman–Crippen LogP) is 2.60. The third-order valence-electron chi connectivity index (χ3n) is 3.25. The fraction of sp³-hybridized carbons (Fsp3) is 0.500. The van der Waals surface area contributed by atoms with Gasteiger partial charge in [0, 0.05) is 13.1 Å². The molecule has 0 aliphatic carbocycles. The fourth-order valence-corrected chi connectivity index (χ4v) is 2.89. The predicted molar refractivity (Wildman–Crippen MR) is 75.0 cm³/mol. The Balaban J connectivity index is 2.16. The Morgan fingerprint density at radius 1 is 1.33 bits per heavy atom. The van der Waals surface area contributed by atoms with Gasteiger partial charge in [0.1, 0.15) is 4.83 Å². The second kappa shape index (κ2) is 5.85. The molecule has 1 fully saturated rings. The monoisotopic (exact) mass is 311 g/mol. The van der Waals surface area contributed by atoms with E-state index in [0.717, 1.165) is 11.1 Å². The zero-order chi connectivity index (χ0) is 13.1. The van der Waals surface area contributed by atoms with Crippen molar-refractivity contribution in [3.63, 3.8) is 0 Å². The molecule has 1 unspecified atom stereocenters. The number of hydrogen-bond donors (Lipinski definition) is 0. The van der Waals surface area contributed by atoms with Crippen LogP contribution in [0.2, 0.25) is 0 Å². The summed E-state index contributed by atoms with van der Waals surface area (Å²) in [5.74, 6) is 0.131. The minimum absolute atomic E-state index is 0.131. The van der Waals surface area contributed by atoms with Crippen molar-refractivity contribution in [2.75, 3.05) is 26.3 Å². The van der Waals surface area contributed by atoms with Crippen molar-refractivity contribution in [2.24, 2.45) is 0 Å². The second-order valence-electron chi connectivity index (χ2n) is 4.66. The zero-order valence-corrected chi connectivity index (χ0v) is 12.4. The molecule has 1 aromatic rings. The number of benzene rings is 1. The van der Waals surface area contributed by atoms with Crippen LogP contribution in [-0.2, 0) is 9.53 Å². The van der Waals surface area contributed by atoms with Gasteiger partial charge >= 0.3 is 0 Å². The number of ether oxygens (including phenoxy) is 1. The third-order valence-corrected chi connectivity index (χ3v) is 4.13. The molecule has 0 saturated carbocycles. The van der Waals surface area contributed by atoms with Crippen LogP contribution in [0.25, 0.3) is 0 Å². The molecule has 1 aromatic carbocycles. The summed E-state index contributed by atoms with van der Waals surface area (Å²) in [7, 11) is 0. The molecule has 0 spiro atoms. The number of nitrogens with zero attached hydrogens (tertiary/aromatic N) is 1. The molecule has 0 N–H and O–H groups in total. The fourth-order valence-electron chi connectivity index (χ4n) is 2.11. The van der Waals surface area contributed by atoms with Crippen molar-refractivity contribution in [2.45, 2.75) is 18.7 Å². The van der Waals surface area contributed by atoms with Gasteiger partial charge in [0.05, 0.1) is 13.2 Å². The van der Waals surface area contributed by atoms with E-state index in [-0.39, 0.29) is 10.7 Å². The van der Waals surface area contributed by atoms with Crippen LogP contribution in [0.15, 0.2) is 18.2 Å². The van der Waals surface area contributed by atoms with E-state index in [2.05, 4.69) is 34.1 Å². The molecule has 1 saturated heterocycles. The highest BCUT2D eigenvalue weighted by molar-refractivity contribution is 9.09. The van der Waals surface area contributed by atoms with Crippen LogP contribution in [0.3, 0.4) is 0 Å². The van der Waals surface area contributed by atoms with E-state index < -0.39 is 0 Å². The molecule has 3 nitrogen and oxygen atoms in total. The largest absolute Gasteiger partial charge is 0.378 e. The van der Waals surface area contributed by atoms with Crippen molar-refractivity contribution in [1.29, 1.82) is 0 Å². The molecule has 98 valence electrons. The maximum absolute atomic E-state index is 12.4. The molecular formula is C14H18BrNO2. The Morgan fingerprint density at radius 3 is 2.67 bits per heavy atom. The summed E-state index contributed by atoms with van der Waals surface area (Å²) in [5, 5.41) is 0. The molecule has 2 rings (SSSR count). The minimum Gasteiger partial charge on any atom is -0.378 e. The molecule has 1 aliphatic heterocycles. The van der Waals surface area contributed by atoms with Crippen molar-refractivity contribution in [3.05, 3.63) is 34.9 Å². The highest BCUT2D eigenvalue weighted by Crippen LogP contribution is 2.29. The van der Waals surface area contributed by atoms with Crippen LogP contribution in [0.5, 0.6) is 0 Å². The number of morpholine rings is 1. The highest BCUT2D eigenvalue weighted by Gasteiger charge is 2.25. The van der Waals surface area contributed by atoms with E-state index in [1.54, 1.807) is 0 Å². The molecule has 1 heterocycles. The molecule has 1 aliphatic rings. The first-order valence-corrected chi connectivity index (χ1v) is 7.09. The number of alkyl halides is 1. The topological polar surface area (TPSA) is 29.5 Å². The number of aryl methyl sites for hydroxylation is 2. The number of carbonyl (C=O) groups is 1. The first kappa shape index (κ1) is 13.6. The quantitative estimate of drug-likeness (QED) is 0.786. The van der Waals surface area contributed by atoms with E-state index in [9.17, 15) is 4.79 Å². The van der Waals surface area contributed by atoms with Gasteiger partial charge in [-0.3, -0.25) is 4.79 Å². The molecule has 4 heteroatoms. The molecule has 1 atom stereocenters. The van der Waals surface area contributed by atoms with Gasteiger partial charge in [-0.2, -0.15) is 0 Å². The van der Waals surface area contributed by atoms with Gasteiger partial charge in [-0.05, 0) is 25.0 Å². The molecule has 0 bridgehead atoms. The Morgan fingerprint density at radius 2 is 2.00 bits per heavy atom. The van der Waals surface area contributed by atoms with Gasteiger partial charge < -0.3 is 9.64 Å². The first-order valence-electron chi connectivity index (χ1n) is 6.17. The number of rotatable bonds is 2. The van der Waals surface area contributed by atoms with Crippen LogP contribution in [0, 0.1) is 13.8 Å². The molecule has 18 heavy (non-hydrogen) atoms. The van der Waals surface area contributed by atoms with Crippen molar-refractivity contribution >= 4 is 21.8 Å². The SMILES string of the molecule is Cc1ccc(C)c(C(Br)C(=O)N2CCOCC2)c1. The van der Waals surface area contributed by atoms with Crippen LogP contribution in [-0.4, -0.2) is 37.1 Å². The number of amides is 1. The van der Waals surface area contributed by atoms with E-state index in [1.807, 2.05) is 18.7 Å². The summed E-state index contributed by atoms with van der Waals surface area (Å²) in [6.45, 7) is 6.73. The average Bonchev–Trinajstić information content (AvgIpc) is 2.41. The molecule has 0 aromatic heterocycles. The van der Waals surface area contributed by atoms with Gasteiger partial charge in [0.25, 0.3) is 0 Å². The summed E-state index contributed by atoms with van der Waals surface area (Å²) in [4.78, 5) is 14.0. The number of carbonyl (C=O) groups excluding carboxylic acids is 1. The summed E-state index contributed by atoms with van der Waals surface area (Å²) in [6, 6.07) is 6.20. The van der Waals surface area contributed by atoms with Gasteiger partial charge in [0.2, 0.25) is 5.91 Å². The highest BCUT2D eigenvalue weighted by atomic mass is 79.9. The lowest BCUT2D eigenvalue weighted by molar-refractivity contribution is -0.134. The van der Waals surface area contributed by atoms with Gasteiger partial charge in [-0.15, -0.1) is 0 Å². The van der Waals surface area contributed by atoms with Crippen molar-refractivity contribution < 1.29 is 9.53 Å². The zero-order valence-electron chi connectivity index (χ0n) is 10.8. The number of halogens is 1. The average molecular weight is 312 g/mol. The molecular weight excluding hydrogens is 294 g/mol. The maximum Gasteiger partial charge on any atom is 0.241 e. The summed E-state index contributed by atoms with van der Waals surface area (Å²) < 4.78 is 5.27.